The van der Waals surface area contributed by atoms with E-state index < -0.39 is 11.8 Å². The smallest absolute Gasteiger partial charge is 0.404 e. The van der Waals surface area contributed by atoms with Crippen molar-refractivity contribution in [1.82, 2.24) is 14.3 Å². The molecule has 0 atom stereocenters. The number of carbonyl (C=O) groups is 1. The fraction of sp³-hybridized carbons (Fsp3) is 0.150. The quantitative estimate of drug-likeness (QED) is 0.461. The number of halogens is 1. The third-order valence-electron chi connectivity index (χ3n) is 3.91. The molecular formula is C20H18FN5O3S. The van der Waals surface area contributed by atoms with Gasteiger partial charge in [0.05, 0.1) is 24.3 Å². The minimum absolute atomic E-state index is 0.0522. The average molecular weight is 427 g/mol. The molecule has 1 aromatic carbocycles. The summed E-state index contributed by atoms with van der Waals surface area (Å²) in [6.07, 6.45) is 0.601. The fourth-order valence-electron chi connectivity index (χ4n) is 2.50. The molecule has 3 rings (SSSR count). The second-order valence-corrected chi connectivity index (χ2v) is 7.38. The standard InChI is InChI=1S/C20H18FN5O3S/c21-9-15(12-29-19(23)27)10-26-20(28)25(13-24-26)11-18-7-6-17(30-18)5-4-14-2-1-3-16(22)8-14/h1-3,6-9,13H,10-12,22H2,(H2,23,27)/b15-9+. The number of primary amides is 1. The van der Waals surface area contributed by atoms with E-state index in [1.54, 1.807) is 12.1 Å². The van der Waals surface area contributed by atoms with Crippen LogP contribution in [-0.4, -0.2) is 27.0 Å². The Kier molecular flexibility index (Phi) is 6.67. The van der Waals surface area contributed by atoms with Gasteiger partial charge in [0.1, 0.15) is 12.9 Å². The molecule has 1 amide bonds. The predicted molar refractivity (Wildman–Crippen MR) is 111 cm³/mol. The highest BCUT2D eigenvalue weighted by molar-refractivity contribution is 7.12. The number of ether oxygens (including phenoxy) is 1. The van der Waals surface area contributed by atoms with Gasteiger partial charge >= 0.3 is 11.8 Å². The van der Waals surface area contributed by atoms with Gasteiger partial charge in [-0.1, -0.05) is 17.9 Å². The van der Waals surface area contributed by atoms with Crippen molar-refractivity contribution in [3.05, 3.63) is 80.4 Å². The first-order valence-electron chi connectivity index (χ1n) is 8.73. The maximum absolute atomic E-state index is 12.9. The lowest BCUT2D eigenvalue weighted by Crippen LogP contribution is -2.26. The number of thiophene rings is 1. The Labute approximate surface area is 175 Å². The lowest BCUT2D eigenvalue weighted by Gasteiger charge is -2.05. The molecule has 3 aromatic rings. The first-order valence-corrected chi connectivity index (χ1v) is 9.55. The third kappa shape index (κ3) is 5.59. The van der Waals surface area contributed by atoms with Crippen LogP contribution in [0.1, 0.15) is 15.3 Å². The van der Waals surface area contributed by atoms with E-state index in [-0.39, 0.29) is 25.1 Å². The summed E-state index contributed by atoms with van der Waals surface area (Å²) in [5, 5.41) is 3.97. The van der Waals surface area contributed by atoms with Gasteiger partial charge in [-0.2, -0.15) is 5.10 Å². The molecule has 0 aliphatic carbocycles. The number of benzene rings is 1. The molecule has 0 saturated carbocycles. The number of carbonyl (C=O) groups excluding carboxylic acids is 1. The number of nitrogen functional groups attached to an aromatic ring is 1. The molecule has 0 fully saturated rings. The summed E-state index contributed by atoms with van der Waals surface area (Å²) in [6, 6.07) is 11.1. The molecule has 0 aliphatic heterocycles. The van der Waals surface area contributed by atoms with Crippen molar-refractivity contribution in [2.24, 2.45) is 5.73 Å². The number of rotatable bonds is 6. The van der Waals surface area contributed by atoms with Crippen LogP contribution in [0, 0.1) is 11.8 Å². The number of aromatic nitrogens is 3. The van der Waals surface area contributed by atoms with Gasteiger partial charge in [-0.05, 0) is 30.3 Å². The van der Waals surface area contributed by atoms with Crippen molar-refractivity contribution < 1.29 is 13.9 Å². The number of nitrogens with two attached hydrogens (primary N) is 2. The maximum Gasteiger partial charge on any atom is 0.404 e. The van der Waals surface area contributed by atoms with Crippen LogP contribution in [0.15, 0.2) is 59.4 Å². The lowest BCUT2D eigenvalue weighted by atomic mass is 10.2. The van der Waals surface area contributed by atoms with Crippen molar-refractivity contribution in [2.45, 2.75) is 13.1 Å². The molecule has 0 saturated heterocycles. The van der Waals surface area contributed by atoms with Crippen LogP contribution in [0.2, 0.25) is 0 Å². The van der Waals surface area contributed by atoms with Crippen LogP contribution in [0.3, 0.4) is 0 Å². The van der Waals surface area contributed by atoms with E-state index in [4.69, 9.17) is 11.5 Å². The van der Waals surface area contributed by atoms with Crippen LogP contribution in [0.5, 0.6) is 0 Å². The van der Waals surface area contributed by atoms with Crippen LogP contribution in [0.4, 0.5) is 14.9 Å². The summed E-state index contributed by atoms with van der Waals surface area (Å²) >= 11 is 1.45. The molecule has 4 N–H and O–H groups in total. The summed E-state index contributed by atoms with van der Waals surface area (Å²) < 4.78 is 19.9. The Bertz CT molecular complexity index is 1200. The topological polar surface area (TPSA) is 118 Å². The van der Waals surface area contributed by atoms with Crippen LogP contribution in [0.25, 0.3) is 0 Å². The van der Waals surface area contributed by atoms with E-state index >= 15 is 0 Å². The zero-order chi connectivity index (χ0) is 21.5. The highest BCUT2D eigenvalue weighted by Crippen LogP contribution is 2.16. The first kappa shape index (κ1) is 20.9. The van der Waals surface area contributed by atoms with E-state index in [9.17, 15) is 14.0 Å². The van der Waals surface area contributed by atoms with Crippen molar-refractivity contribution in [1.29, 1.82) is 0 Å². The minimum Gasteiger partial charge on any atom is -0.445 e. The monoisotopic (exact) mass is 427 g/mol. The fourth-order valence-corrected chi connectivity index (χ4v) is 3.36. The predicted octanol–water partition coefficient (Wildman–Crippen LogP) is 2.09. The van der Waals surface area contributed by atoms with Crippen LogP contribution < -0.4 is 17.2 Å². The van der Waals surface area contributed by atoms with Gasteiger partial charge in [-0.25, -0.2) is 18.7 Å². The Morgan fingerprint density at radius 2 is 2.13 bits per heavy atom. The Morgan fingerprint density at radius 3 is 2.87 bits per heavy atom. The zero-order valence-corrected chi connectivity index (χ0v) is 16.6. The second kappa shape index (κ2) is 9.58. The van der Waals surface area contributed by atoms with E-state index in [0.717, 1.165) is 20.0 Å². The lowest BCUT2D eigenvalue weighted by molar-refractivity contribution is 0.164. The highest BCUT2D eigenvalue weighted by Gasteiger charge is 2.10. The van der Waals surface area contributed by atoms with E-state index in [0.29, 0.717) is 12.2 Å². The normalized spacial score (nSPS) is 11.0. The number of anilines is 1. The summed E-state index contributed by atoms with van der Waals surface area (Å²) in [6.45, 7) is -0.210. The molecule has 2 aromatic heterocycles. The Hall–Kier alpha value is -3.84. The number of hydrogen-bond acceptors (Lipinski definition) is 6. The molecule has 0 aliphatic rings. The largest absolute Gasteiger partial charge is 0.445 e. The van der Waals surface area contributed by atoms with Crippen molar-refractivity contribution >= 4 is 23.1 Å². The van der Waals surface area contributed by atoms with E-state index in [2.05, 4.69) is 21.7 Å². The van der Waals surface area contributed by atoms with E-state index in [1.807, 2.05) is 24.3 Å². The van der Waals surface area contributed by atoms with Crippen molar-refractivity contribution in [3.63, 3.8) is 0 Å². The van der Waals surface area contributed by atoms with Gasteiger partial charge in [0.2, 0.25) is 0 Å². The summed E-state index contributed by atoms with van der Waals surface area (Å²) in [7, 11) is 0. The van der Waals surface area contributed by atoms with Crippen LogP contribution >= 0.6 is 11.3 Å². The number of nitrogens with zero attached hydrogens (tertiary/aromatic N) is 3. The molecule has 30 heavy (non-hydrogen) atoms. The van der Waals surface area contributed by atoms with E-state index in [1.165, 1.54) is 22.2 Å². The van der Waals surface area contributed by atoms with Gasteiger partial charge in [-0.15, -0.1) is 11.3 Å². The first-order chi connectivity index (χ1) is 14.4. The van der Waals surface area contributed by atoms with Crippen molar-refractivity contribution in [3.8, 4) is 11.8 Å². The molecular weight excluding hydrogens is 409 g/mol. The Balaban J connectivity index is 1.67. The Morgan fingerprint density at radius 1 is 1.30 bits per heavy atom. The van der Waals surface area contributed by atoms with Gasteiger partial charge in [-0.3, -0.25) is 4.57 Å². The summed E-state index contributed by atoms with van der Waals surface area (Å²) in [4.78, 5) is 24.9. The second-order valence-electron chi connectivity index (χ2n) is 6.22. The SMILES string of the molecule is NC(=O)OC/C(=C/F)Cn1ncn(Cc2ccc(C#Cc3cccc(N)c3)s2)c1=O. The maximum atomic E-state index is 12.9. The zero-order valence-electron chi connectivity index (χ0n) is 15.7. The molecule has 10 heteroatoms. The van der Waals surface area contributed by atoms with Gasteiger partial charge in [0.25, 0.3) is 0 Å². The average Bonchev–Trinajstić information content (AvgIpc) is 3.31. The molecule has 2 heterocycles. The summed E-state index contributed by atoms with van der Waals surface area (Å²) in [5.74, 6) is 6.13. The van der Waals surface area contributed by atoms with Crippen LogP contribution in [-0.2, 0) is 17.8 Å². The molecule has 154 valence electrons. The van der Waals surface area contributed by atoms with Gasteiger partial charge in [0.15, 0.2) is 0 Å². The molecule has 0 radical (unpaired) electrons. The molecule has 0 unspecified atom stereocenters. The molecule has 8 nitrogen and oxygen atoms in total. The van der Waals surface area contributed by atoms with Gasteiger partial charge in [0, 0.05) is 21.7 Å². The minimum atomic E-state index is -1.03. The van der Waals surface area contributed by atoms with Crippen molar-refractivity contribution in [2.75, 3.05) is 12.3 Å². The number of hydrogen-bond donors (Lipinski definition) is 2. The highest BCUT2D eigenvalue weighted by atomic mass is 32.1. The summed E-state index contributed by atoms with van der Waals surface area (Å²) in [5.41, 5.74) is 11.7. The number of amides is 1. The van der Waals surface area contributed by atoms with Gasteiger partial charge < -0.3 is 16.2 Å². The molecule has 0 bridgehead atoms. The molecule has 0 spiro atoms. The third-order valence-corrected chi connectivity index (χ3v) is 4.89.